The highest BCUT2D eigenvalue weighted by atomic mass is 35.5. The van der Waals surface area contributed by atoms with Gasteiger partial charge in [-0.25, -0.2) is 5.43 Å². The van der Waals surface area contributed by atoms with Gasteiger partial charge in [-0.15, -0.1) is 0 Å². The number of carbonyl (C=O) groups is 1. The number of amides is 1. The molecule has 0 heterocycles. The Morgan fingerprint density at radius 2 is 1.96 bits per heavy atom. The van der Waals surface area contributed by atoms with Crippen LogP contribution >= 0.6 is 23.2 Å². The van der Waals surface area contributed by atoms with E-state index in [0.29, 0.717) is 10.6 Å². The monoisotopic (exact) mass is 351 g/mol. The van der Waals surface area contributed by atoms with Gasteiger partial charge in [-0.2, -0.15) is 5.10 Å². The van der Waals surface area contributed by atoms with Crippen LogP contribution in [0.25, 0.3) is 0 Å². The Bertz CT molecular complexity index is 807. The van der Waals surface area contributed by atoms with Crippen molar-refractivity contribution in [2.75, 3.05) is 0 Å². The zero-order chi connectivity index (χ0) is 17.0. The van der Waals surface area contributed by atoms with Gasteiger partial charge in [0.25, 0.3) is 11.6 Å². The van der Waals surface area contributed by atoms with E-state index < -0.39 is 10.8 Å². The molecule has 0 aromatic heterocycles. The Balaban J connectivity index is 2.11. The van der Waals surface area contributed by atoms with Gasteiger partial charge in [0, 0.05) is 11.6 Å². The molecular formula is C15H11Cl2N3O3. The van der Waals surface area contributed by atoms with Gasteiger partial charge in [-0.1, -0.05) is 35.3 Å². The normalized spacial score (nSPS) is 10.7. The second-order valence-corrected chi connectivity index (χ2v) is 5.46. The van der Waals surface area contributed by atoms with E-state index in [1.54, 1.807) is 24.3 Å². The number of carbonyl (C=O) groups excluding carboxylic acids is 1. The summed E-state index contributed by atoms with van der Waals surface area (Å²) in [5.41, 5.74) is 3.73. The van der Waals surface area contributed by atoms with Crippen molar-refractivity contribution in [1.29, 1.82) is 0 Å². The third-order valence-electron chi connectivity index (χ3n) is 2.92. The molecule has 0 spiro atoms. The van der Waals surface area contributed by atoms with Crippen molar-refractivity contribution in [3.05, 3.63) is 73.2 Å². The molecule has 0 saturated heterocycles. The highest BCUT2D eigenvalue weighted by molar-refractivity contribution is 6.34. The van der Waals surface area contributed by atoms with Gasteiger partial charge in [0.15, 0.2) is 0 Å². The molecule has 1 N–H and O–H groups in total. The minimum atomic E-state index is -0.593. The smallest absolute Gasteiger partial charge is 0.267 e. The number of nitro benzene ring substituents is 1. The van der Waals surface area contributed by atoms with Crippen LogP contribution in [0.15, 0.2) is 41.5 Å². The zero-order valence-electron chi connectivity index (χ0n) is 11.9. The number of hydrogen-bond acceptors (Lipinski definition) is 4. The number of hydrogen-bond donors (Lipinski definition) is 1. The first-order valence-corrected chi connectivity index (χ1v) is 7.17. The van der Waals surface area contributed by atoms with Gasteiger partial charge in [0.2, 0.25) is 0 Å². The number of rotatable bonds is 4. The maximum Gasteiger partial charge on any atom is 0.288 e. The minimum Gasteiger partial charge on any atom is -0.267 e. The summed E-state index contributed by atoms with van der Waals surface area (Å²) >= 11 is 11.7. The quantitative estimate of drug-likeness (QED) is 0.513. The first kappa shape index (κ1) is 16.9. The van der Waals surface area contributed by atoms with Crippen LogP contribution in [0.4, 0.5) is 5.69 Å². The molecule has 0 atom stereocenters. The summed E-state index contributed by atoms with van der Waals surface area (Å²) in [4.78, 5) is 22.2. The third-order valence-corrected chi connectivity index (χ3v) is 3.55. The van der Waals surface area contributed by atoms with Crippen molar-refractivity contribution in [3.8, 4) is 0 Å². The number of nitrogens with zero attached hydrogens (tertiary/aromatic N) is 2. The second kappa shape index (κ2) is 7.21. The van der Waals surface area contributed by atoms with Crippen LogP contribution in [0.2, 0.25) is 10.0 Å². The van der Waals surface area contributed by atoms with Crippen LogP contribution in [-0.2, 0) is 0 Å². The van der Waals surface area contributed by atoms with Crippen molar-refractivity contribution in [2.24, 2.45) is 5.10 Å². The van der Waals surface area contributed by atoms with Crippen LogP contribution < -0.4 is 5.43 Å². The summed E-state index contributed by atoms with van der Waals surface area (Å²) in [5, 5.41) is 14.9. The van der Waals surface area contributed by atoms with Crippen LogP contribution in [0.1, 0.15) is 21.5 Å². The van der Waals surface area contributed by atoms with Crippen LogP contribution in [0.5, 0.6) is 0 Å². The summed E-state index contributed by atoms with van der Waals surface area (Å²) in [5.74, 6) is -0.477. The van der Waals surface area contributed by atoms with Crippen LogP contribution in [0.3, 0.4) is 0 Å². The number of benzene rings is 2. The maximum atomic E-state index is 12.0. The lowest BCUT2D eigenvalue weighted by Gasteiger charge is -2.03. The molecule has 6 nitrogen and oxygen atoms in total. The molecule has 0 bridgehead atoms. The average molecular weight is 352 g/mol. The van der Waals surface area contributed by atoms with E-state index in [1.165, 1.54) is 18.3 Å². The fourth-order valence-corrected chi connectivity index (χ4v) is 2.29. The fraction of sp³-hybridized carbons (Fsp3) is 0.0667. The predicted molar refractivity (Wildman–Crippen MR) is 89.4 cm³/mol. The molecule has 2 aromatic rings. The lowest BCUT2D eigenvalue weighted by Crippen LogP contribution is -2.18. The Hall–Kier alpha value is -2.44. The SMILES string of the molecule is Cc1ccc(C(=O)N/N=C\c2ccc(Cl)c([N+](=O)[O-])c2)c(Cl)c1. The summed E-state index contributed by atoms with van der Waals surface area (Å²) in [6.45, 7) is 1.86. The maximum absolute atomic E-state index is 12.0. The van der Waals surface area contributed by atoms with Gasteiger partial charge in [-0.05, 0) is 30.7 Å². The summed E-state index contributed by atoms with van der Waals surface area (Å²) in [6.07, 6.45) is 1.28. The van der Waals surface area contributed by atoms with E-state index >= 15 is 0 Å². The highest BCUT2D eigenvalue weighted by Gasteiger charge is 2.12. The summed E-state index contributed by atoms with van der Waals surface area (Å²) < 4.78 is 0. The van der Waals surface area contributed by atoms with Gasteiger partial charge in [0.1, 0.15) is 5.02 Å². The molecule has 23 heavy (non-hydrogen) atoms. The number of aryl methyl sites for hydroxylation is 1. The molecular weight excluding hydrogens is 341 g/mol. The summed E-state index contributed by atoms with van der Waals surface area (Å²) in [6, 6.07) is 9.21. The number of halogens is 2. The highest BCUT2D eigenvalue weighted by Crippen LogP contribution is 2.24. The lowest BCUT2D eigenvalue weighted by atomic mass is 10.1. The van der Waals surface area contributed by atoms with Crippen molar-refractivity contribution < 1.29 is 9.72 Å². The lowest BCUT2D eigenvalue weighted by molar-refractivity contribution is -0.384. The predicted octanol–water partition coefficient (Wildman–Crippen LogP) is 3.97. The number of hydrazone groups is 1. The molecule has 0 aliphatic rings. The Morgan fingerprint density at radius 3 is 2.61 bits per heavy atom. The van der Waals surface area contributed by atoms with E-state index in [2.05, 4.69) is 10.5 Å². The third kappa shape index (κ3) is 4.28. The zero-order valence-corrected chi connectivity index (χ0v) is 13.4. The van der Waals surface area contributed by atoms with Crippen molar-refractivity contribution in [2.45, 2.75) is 6.92 Å². The minimum absolute atomic E-state index is 0.0302. The first-order valence-electron chi connectivity index (χ1n) is 6.42. The van der Waals surface area contributed by atoms with Gasteiger partial charge in [-0.3, -0.25) is 14.9 Å². The standard InChI is InChI=1S/C15H11Cl2N3O3/c1-9-2-4-11(13(17)6-9)15(21)19-18-8-10-3-5-12(16)14(7-10)20(22)23/h2-8H,1H3,(H,19,21)/b18-8-. The van der Waals surface area contributed by atoms with E-state index in [1.807, 2.05) is 6.92 Å². The van der Waals surface area contributed by atoms with Crippen molar-refractivity contribution in [3.63, 3.8) is 0 Å². The number of nitro groups is 1. The first-order chi connectivity index (χ1) is 10.9. The summed E-state index contributed by atoms with van der Waals surface area (Å²) in [7, 11) is 0. The second-order valence-electron chi connectivity index (χ2n) is 4.65. The molecule has 0 aliphatic heterocycles. The van der Waals surface area contributed by atoms with Crippen molar-refractivity contribution in [1.82, 2.24) is 5.43 Å². The molecule has 118 valence electrons. The molecule has 1 amide bonds. The largest absolute Gasteiger partial charge is 0.288 e. The molecule has 0 unspecified atom stereocenters. The average Bonchev–Trinajstić information content (AvgIpc) is 2.48. The topological polar surface area (TPSA) is 84.6 Å². The van der Waals surface area contributed by atoms with E-state index in [0.717, 1.165) is 5.56 Å². The van der Waals surface area contributed by atoms with E-state index in [4.69, 9.17) is 23.2 Å². The van der Waals surface area contributed by atoms with E-state index in [-0.39, 0.29) is 16.3 Å². The van der Waals surface area contributed by atoms with Gasteiger partial charge < -0.3 is 0 Å². The fourth-order valence-electron chi connectivity index (χ4n) is 1.78. The van der Waals surface area contributed by atoms with Gasteiger partial charge in [0.05, 0.1) is 21.7 Å². The molecule has 0 radical (unpaired) electrons. The molecule has 0 aliphatic carbocycles. The Kier molecular flexibility index (Phi) is 5.31. The van der Waals surface area contributed by atoms with E-state index in [9.17, 15) is 14.9 Å². The van der Waals surface area contributed by atoms with Gasteiger partial charge >= 0.3 is 0 Å². The van der Waals surface area contributed by atoms with Crippen LogP contribution in [-0.4, -0.2) is 17.0 Å². The molecule has 0 saturated carbocycles. The molecule has 0 fully saturated rings. The Labute approximate surface area is 141 Å². The van der Waals surface area contributed by atoms with Crippen LogP contribution in [0, 0.1) is 17.0 Å². The number of nitrogens with one attached hydrogen (secondary N) is 1. The van der Waals surface area contributed by atoms with Crippen molar-refractivity contribution >= 4 is 41.0 Å². The molecule has 2 rings (SSSR count). The molecule has 2 aromatic carbocycles. The Morgan fingerprint density at radius 1 is 1.22 bits per heavy atom. The molecule has 8 heteroatoms.